The Bertz CT molecular complexity index is 880. The van der Waals surface area contributed by atoms with E-state index in [0.29, 0.717) is 47.4 Å². The van der Waals surface area contributed by atoms with Crippen molar-refractivity contribution in [1.29, 1.82) is 0 Å². The van der Waals surface area contributed by atoms with Crippen molar-refractivity contribution in [3.63, 3.8) is 0 Å². The van der Waals surface area contributed by atoms with Crippen LogP contribution in [0.25, 0.3) is 0 Å². The number of sulfone groups is 1. The zero-order valence-electron chi connectivity index (χ0n) is 17.3. The topological polar surface area (TPSA) is 59.5 Å². The molecule has 0 bridgehead atoms. The van der Waals surface area contributed by atoms with E-state index in [1.807, 2.05) is 0 Å². The van der Waals surface area contributed by atoms with Gasteiger partial charge in [-0.05, 0) is 51.6 Å². The zero-order valence-corrected chi connectivity index (χ0v) is 18.9. The number of aromatic nitrogens is 1. The van der Waals surface area contributed by atoms with Gasteiger partial charge in [-0.25, -0.2) is 8.42 Å². The number of pyridine rings is 1. The third-order valence-corrected chi connectivity index (χ3v) is 9.47. The molecule has 1 saturated carbocycles. The number of likely N-dealkylation sites (tertiary alicyclic amines) is 1. The second kappa shape index (κ2) is 8.71. The molecule has 3 aliphatic rings. The summed E-state index contributed by atoms with van der Waals surface area (Å²) in [5, 5.41) is 0.444. The third kappa shape index (κ3) is 5.47. The normalized spacial score (nSPS) is 28.3. The molecule has 0 amide bonds. The Balaban J connectivity index is 1.22. The fourth-order valence-electron chi connectivity index (χ4n) is 5.23. The molecule has 2 saturated heterocycles. The van der Waals surface area contributed by atoms with Gasteiger partial charge in [-0.2, -0.15) is 13.2 Å². The van der Waals surface area contributed by atoms with E-state index in [1.165, 1.54) is 0 Å². The quantitative estimate of drug-likeness (QED) is 0.622. The van der Waals surface area contributed by atoms with E-state index in [-0.39, 0.29) is 24.2 Å². The average Bonchev–Trinajstić information content (AvgIpc) is 2.68. The van der Waals surface area contributed by atoms with Gasteiger partial charge in [0.15, 0.2) is 9.84 Å². The Kier molecular flexibility index (Phi) is 6.49. The van der Waals surface area contributed by atoms with E-state index >= 15 is 0 Å². The molecule has 1 aliphatic carbocycles. The second-order valence-electron chi connectivity index (χ2n) is 9.35. The lowest BCUT2D eigenvalue weighted by molar-refractivity contribution is -0.182. The molecule has 0 aromatic carbocycles. The summed E-state index contributed by atoms with van der Waals surface area (Å²) in [7, 11) is -2.80. The van der Waals surface area contributed by atoms with Gasteiger partial charge in [0.05, 0.1) is 34.3 Å². The van der Waals surface area contributed by atoms with Gasteiger partial charge in [-0.1, -0.05) is 11.6 Å². The van der Waals surface area contributed by atoms with Crippen LogP contribution in [0.4, 0.5) is 13.2 Å². The minimum absolute atomic E-state index is 0.00268. The van der Waals surface area contributed by atoms with Crippen molar-refractivity contribution in [2.75, 3.05) is 37.7 Å². The number of piperidine rings is 1. The summed E-state index contributed by atoms with van der Waals surface area (Å²) in [4.78, 5) is 6.67. The number of hydrogen-bond acceptors (Lipinski definition) is 5. The Morgan fingerprint density at radius 1 is 1.16 bits per heavy atom. The molecular formula is C21H28ClF3N2O3S. The van der Waals surface area contributed by atoms with Crippen molar-refractivity contribution >= 4 is 21.4 Å². The molecule has 1 aromatic rings. The van der Waals surface area contributed by atoms with Crippen LogP contribution in [0.2, 0.25) is 5.02 Å². The minimum atomic E-state index is -4.12. The molecule has 0 radical (unpaired) electrons. The lowest BCUT2D eigenvalue weighted by Gasteiger charge is -2.47. The summed E-state index contributed by atoms with van der Waals surface area (Å²) in [6, 6.07) is 1.70. The van der Waals surface area contributed by atoms with Gasteiger partial charge in [-0.3, -0.25) is 9.88 Å². The molecule has 0 atom stereocenters. The molecule has 0 unspecified atom stereocenters. The summed E-state index contributed by atoms with van der Waals surface area (Å²) >= 11 is 6.37. The smallest absolute Gasteiger partial charge is 0.391 e. The maximum atomic E-state index is 12.9. The summed E-state index contributed by atoms with van der Waals surface area (Å²) in [6.45, 7) is 2.96. The Hall–Kier alpha value is -1.06. The number of halogens is 4. The van der Waals surface area contributed by atoms with Crippen molar-refractivity contribution < 1.29 is 26.3 Å². The van der Waals surface area contributed by atoms with Crippen LogP contribution in [0, 0.1) is 11.3 Å². The minimum Gasteiger partial charge on any atom is -0.491 e. The van der Waals surface area contributed by atoms with Gasteiger partial charge in [0.1, 0.15) is 12.4 Å². The molecule has 3 heterocycles. The van der Waals surface area contributed by atoms with E-state index < -0.39 is 21.9 Å². The van der Waals surface area contributed by atoms with Crippen LogP contribution in [-0.4, -0.2) is 62.2 Å². The molecule has 10 heteroatoms. The Labute approximate surface area is 186 Å². The number of alkyl halides is 3. The monoisotopic (exact) mass is 480 g/mol. The fourth-order valence-corrected chi connectivity index (χ4v) is 7.90. The van der Waals surface area contributed by atoms with Crippen molar-refractivity contribution in [3.8, 4) is 5.75 Å². The van der Waals surface area contributed by atoms with E-state index in [4.69, 9.17) is 16.3 Å². The number of rotatable bonds is 5. The highest BCUT2D eigenvalue weighted by Crippen LogP contribution is 2.44. The molecule has 1 aromatic heterocycles. The fraction of sp³-hybridized carbons (Fsp3) is 0.762. The number of ether oxygens (including phenoxy) is 1. The lowest BCUT2D eigenvalue weighted by atomic mass is 9.80. The van der Waals surface area contributed by atoms with Crippen LogP contribution >= 0.6 is 11.6 Å². The lowest BCUT2D eigenvalue weighted by Crippen LogP contribution is -2.54. The van der Waals surface area contributed by atoms with Gasteiger partial charge >= 0.3 is 6.18 Å². The van der Waals surface area contributed by atoms with Gasteiger partial charge < -0.3 is 4.74 Å². The van der Waals surface area contributed by atoms with Gasteiger partial charge in [0, 0.05) is 23.9 Å². The average molecular weight is 481 g/mol. The molecule has 31 heavy (non-hydrogen) atoms. The molecule has 4 rings (SSSR count). The largest absolute Gasteiger partial charge is 0.491 e. The van der Waals surface area contributed by atoms with Gasteiger partial charge in [0.2, 0.25) is 0 Å². The van der Waals surface area contributed by atoms with Crippen LogP contribution in [0.5, 0.6) is 5.75 Å². The molecule has 174 valence electrons. The summed E-state index contributed by atoms with van der Waals surface area (Å²) in [5.41, 5.74) is 0.661. The summed E-state index contributed by atoms with van der Waals surface area (Å²) in [5.74, 6) is -0.0480. The van der Waals surface area contributed by atoms with E-state index in [9.17, 15) is 21.6 Å². The summed E-state index contributed by atoms with van der Waals surface area (Å²) < 4.78 is 67.3. The Morgan fingerprint density at radius 2 is 1.81 bits per heavy atom. The highest BCUT2D eigenvalue weighted by atomic mass is 35.5. The predicted molar refractivity (Wildman–Crippen MR) is 112 cm³/mol. The molecular weight excluding hydrogens is 453 g/mol. The first kappa shape index (κ1) is 23.1. The van der Waals surface area contributed by atoms with Crippen LogP contribution in [0.15, 0.2) is 12.3 Å². The van der Waals surface area contributed by atoms with Crippen LogP contribution in [0.3, 0.4) is 0 Å². The molecule has 5 nitrogen and oxygen atoms in total. The number of nitrogens with zero attached hydrogens (tertiary/aromatic N) is 2. The first-order valence-corrected chi connectivity index (χ1v) is 13.0. The van der Waals surface area contributed by atoms with Crippen molar-refractivity contribution in [1.82, 2.24) is 9.88 Å². The first-order valence-electron chi connectivity index (χ1n) is 10.8. The van der Waals surface area contributed by atoms with Crippen LogP contribution in [0.1, 0.15) is 50.1 Å². The molecule has 2 aliphatic heterocycles. The standard InChI is InChI=1S/C21H28ClF3N2O3S/c22-18-11-17(12-26-19(18)15-1-3-16(4-2-15)21(23,24)25)30-10-9-27-7-5-20(6-8-27)13-31(28,29)14-20/h11-12,15-16H,1-10,13-14H2. The highest BCUT2D eigenvalue weighted by molar-refractivity contribution is 7.92. The van der Waals surface area contributed by atoms with Crippen molar-refractivity contribution in [3.05, 3.63) is 23.0 Å². The maximum absolute atomic E-state index is 12.9. The van der Waals surface area contributed by atoms with E-state index in [1.54, 1.807) is 12.3 Å². The Morgan fingerprint density at radius 3 is 2.35 bits per heavy atom. The maximum Gasteiger partial charge on any atom is 0.391 e. The van der Waals surface area contributed by atoms with E-state index in [2.05, 4.69) is 9.88 Å². The number of hydrogen-bond donors (Lipinski definition) is 0. The molecule has 1 spiro atoms. The van der Waals surface area contributed by atoms with Crippen LogP contribution in [-0.2, 0) is 9.84 Å². The zero-order chi connectivity index (χ0) is 22.3. The third-order valence-electron chi connectivity index (χ3n) is 7.07. The van der Waals surface area contributed by atoms with E-state index in [0.717, 1.165) is 32.5 Å². The molecule has 0 N–H and O–H groups in total. The van der Waals surface area contributed by atoms with Crippen molar-refractivity contribution in [2.24, 2.45) is 11.3 Å². The molecule has 3 fully saturated rings. The second-order valence-corrected chi connectivity index (χ2v) is 11.8. The van der Waals surface area contributed by atoms with Gasteiger partial charge in [-0.15, -0.1) is 0 Å². The first-order chi connectivity index (χ1) is 14.6. The summed E-state index contributed by atoms with van der Waals surface area (Å²) in [6.07, 6.45) is 0.409. The predicted octanol–water partition coefficient (Wildman–Crippen LogP) is 4.46. The van der Waals surface area contributed by atoms with Crippen molar-refractivity contribution in [2.45, 2.75) is 50.6 Å². The highest BCUT2D eigenvalue weighted by Gasteiger charge is 2.49. The van der Waals surface area contributed by atoms with Crippen LogP contribution < -0.4 is 4.74 Å². The SMILES string of the molecule is O=S1(=O)CC2(CCN(CCOc3cnc(C4CCC(C(F)(F)F)CC4)c(Cl)c3)CC2)C1. The van der Waals surface area contributed by atoms with Gasteiger partial charge in [0.25, 0.3) is 0 Å².